The molecule has 1 aromatic heterocycles. The van der Waals surface area contributed by atoms with Crippen LogP contribution in [0.1, 0.15) is 6.92 Å². The average molecular weight is 270 g/mol. The number of methoxy groups -OCH3 is 2. The van der Waals surface area contributed by atoms with Gasteiger partial charge in [-0.1, -0.05) is 0 Å². The van der Waals surface area contributed by atoms with E-state index >= 15 is 0 Å². The third-order valence-corrected chi connectivity index (χ3v) is 2.04. The van der Waals surface area contributed by atoms with Gasteiger partial charge < -0.3 is 19.9 Å². The third-order valence-electron chi connectivity index (χ3n) is 2.04. The Morgan fingerprint density at radius 2 is 1.79 bits per heavy atom. The first-order chi connectivity index (χ1) is 8.96. The highest BCUT2D eigenvalue weighted by molar-refractivity contribution is 5.90. The number of urea groups is 1. The van der Waals surface area contributed by atoms with Gasteiger partial charge in [0.15, 0.2) is 0 Å². The van der Waals surface area contributed by atoms with Crippen LogP contribution in [0, 0.1) is 0 Å². The molecule has 0 aliphatic rings. The van der Waals surface area contributed by atoms with Crippen molar-refractivity contribution in [3.05, 3.63) is 6.07 Å². The Morgan fingerprint density at radius 3 is 2.21 bits per heavy atom. The fraction of sp³-hybridized carbons (Fsp3) is 0.400. The van der Waals surface area contributed by atoms with Crippen molar-refractivity contribution in [2.75, 3.05) is 19.5 Å². The van der Waals surface area contributed by atoms with E-state index in [2.05, 4.69) is 20.6 Å². The molecule has 0 fully saturated rings. The molecule has 9 heteroatoms. The number of nitrogens with zero attached hydrogens (tertiary/aromatic N) is 2. The van der Waals surface area contributed by atoms with Crippen molar-refractivity contribution >= 4 is 17.9 Å². The van der Waals surface area contributed by atoms with Crippen molar-refractivity contribution in [3.63, 3.8) is 0 Å². The van der Waals surface area contributed by atoms with Crippen molar-refractivity contribution in [1.29, 1.82) is 0 Å². The van der Waals surface area contributed by atoms with Crippen LogP contribution < -0.4 is 20.1 Å². The summed E-state index contributed by atoms with van der Waals surface area (Å²) in [6, 6.07) is -0.346. The fourth-order valence-corrected chi connectivity index (χ4v) is 1.06. The Kier molecular flexibility index (Phi) is 4.86. The van der Waals surface area contributed by atoms with E-state index in [1.807, 2.05) is 0 Å². The summed E-state index contributed by atoms with van der Waals surface area (Å²) in [5, 5.41) is 13.1. The Hall–Kier alpha value is -2.58. The summed E-state index contributed by atoms with van der Waals surface area (Å²) < 4.78 is 9.80. The lowest BCUT2D eigenvalue weighted by atomic mass is 10.3. The van der Waals surface area contributed by atoms with Gasteiger partial charge in [0.05, 0.1) is 20.3 Å². The number of carbonyl (C=O) groups is 2. The van der Waals surface area contributed by atoms with Crippen LogP contribution in [0.4, 0.5) is 10.7 Å². The molecule has 0 unspecified atom stereocenters. The van der Waals surface area contributed by atoms with Gasteiger partial charge in [-0.25, -0.2) is 4.79 Å². The number of carboxylic acid groups (broad SMARTS) is 1. The number of carboxylic acids is 1. The molecule has 0 aliphatic heterocycles. The maximum atomic E-state index is 11.5. The van der Waals surface area contributed by atoms with E-state index in [1.165, 1.54) is 27.2 Å². The zero-order valence-corrected chi connectivity index (χ0v) is 10.6. The van der Waals surface area contributed by atoms with Gasteiger partial charge in [0.2, 0.25) is 17.7 Å². The molecule has 9 nitrogen and oxygen atoms in total. The first-order valence-electron chi connectivity index (χ1n) is 5.23. The summed E-state index contributed by atoms with van der Waals surface area (Å²) in [5.74, 6) is -0.813. The molecule has 1 heterocycles. The van der Waals surface area contributed by atoms with Gasteiger partial charge in [0.1, 0.15) is 6.04 Å². The molecule has 0 radical (unpaired) electrons. The first kappa shape index (κ1) is 14.5. The second-order valence-corrected chi connectivity index (χ2v) is 3.43. The molecular formula is C10H14N4O5. The Morgan fingerprint density at radius 1 is 1.26 bits per heavy atom. The Bertz CT molecular complexity index is 457. The Balaban J connectivity index is 2.75. The molecule has 1 rings (SSSR count). The fourth-order valence-electron chi connectivity index (χ4n) is 1.06. The van der Waals surface area contributed by atoms with Crippen LogP contribution in [0.5, 0.6) is 11.8 Å². The van der Waals surface area contributed by atoms with Crippen molar-refractivity contribution in [2.24, 2.45) is 0 Å². The van der Waals surface area contributed by atoms with Crippen LogP contribution in [0.2, 0.25) is 0 Å². The molecule has 0 aliphatic carbocycles. The third kappa shape index (κ3) is 4.30. The quantitative estimate of drug-likeness (QED) is 0.692. The number of nitrogens with one attached hydrogen (secondary N) is 2. The highest BCUT2D eigenvalue weighted by atomic mass is 16.5. The molecule has 0 aromatic carbocycles. The summed E-state index contributed by atoms with van der Waals surface area (Å²) in [4.78, 5) is 29.8. The summed E-state index contributed by atoms with van der Waals surface area (Å²) in [5.41, 5.74) is 0. The number of ether oxygens (including phenoxy) is 2. The van der Waals surface area contributed by atoms with Crippen LogP contribution in [0.25, 0.3) is 0 Å². The molecule has 19 heavy (non-hydrogen) atoms. The average Bonchev–Trinajstić information content (AvgIpc) is 2.37. The van der Waals surface area contributed by atoms with Crippen molar-refractivity contribution in [2.45, 2.75) is 13.0 Å². The summed E-state index contributed by atoms with van der Waals surface area (Å²) in [7, 11) is 2.80. The molecule has 1 aromatic rings. The van der Waals surface area contributed by atoms with E-state index in [4.69, 9.17) is 14.6 Å². The van der Waals surface area contributed by atoms with Gasteiger partial charge in [-0.15, -0.1) is 0 Å². The summed E-state index contributed by atoms with van der Waals surface area (Å²) in [6.45, 7) is 1.33. The highest BCUT2D eigenvalue weighted by Crippen LogP contribution is 2.16. The van der Waals surface area contributed by atoms with Crippen molar-refractivity contribution in [3.8, 4) is 11.8 Å². The van der Waals surface area contributed by atoms with Crippen molar-refractivity contribution in [1.82, 2.24) is 15.3 Å². The molecule has 0 saturated heterocycles. The number of carbonyl (C=O) groups excluding carboxylic acids is 1. The van der Waals surface area contributed by atoms with Gasteiger partial charge in [0, 0.05) is 0 Å². The molecular weight excluding hydrogens is 256 g/mol. The second-order valence-electron chi connectivity index (χ2n) is 3.43. The number of anilines is 1. The van der Waals surface area contributed by atoms with Gasteiger partial charge in [-0.05, 0) is 6.92 Å². The Labute approximate surface area is 109 Å². The monoisotopic (exact) mass is 270 g/mol. The van der Waals surface area contributed by atoms with E-state index in [0.29, 0.717) is 0 Å². The molecule has 104 valence electrons. The van der Waals surface area contributed by atoms with E-state index < -0.39 is 18.0 Å². The maximum absolute atomic E-state index is 11.5. The van der Waals surface area contributed by atoms with E-state index in [-0.39, 0.29) is 17.7 Å². The number of aliphatic carboxylic acids is 1. The first-order valence-corrected chi connectivity index (χ1v) is 5.23. The van der Waals surface area contributed by atoms with E-state index in [1.54, 1.807) is 0 Å². The summed E-state index contributed by atoms with van der Waals surface area (Å²) >= 11 is 0. The largest absolute Gasteiger partial charge is 0.481 e. The maximum Gasteiger partial charge on any atom is 0.325 e. The minimum atomic E-state index is -1.15. The molecule has 3 N–H and O–H groups in total. The zero-order valence-electron chi connectivity index (χ0n) is 10.6. The minimum absolute atomic E-state index is 0.0636. The van der Waals surface area contributed by atoms with E-state index in [9.17, 15) is 9.59 Å². The zero-order chi connectivity index (χ0) is 14.4. The van der Waals surface area contributed by atoms with E-state index in [0.717, 1.165) is 0 Å². The van der Waals surface area contributed by atoms with Crippen molar-refractivity contribution < 1.29 is 24.2 Å². The van der Waals surface area contributed by atoms with Crippen LogP contribution in [-0.2, 0) is 4.79 Å². The number of amides is 2. The number of rotatable bonds is 5. The predicted octanol–water partition coefficient (Wildman–Crippen LogP) is 0.0884. The minimum Gasteiger partial charge on any atom is -0.481 e. The smallest absolute Gasteiger partial charge is 0.325 e. The number of hydrogen-bond acceptors (Lipinski definition) is 6. The van der Waals surface area contributed by atoms with Crippen LogP contribution in [-0.4, -0.2) is 47.3 Å². The lowest BCUT2D eigenvalue weighted by molar-refractivity contribution is -0.138. The topological polar surface area (TPSA) is 123 Å². The molecule has 2 amide bonds. The standard InChI is InChI=1S/C10H14N4O5/c1-5(8(15)16)11-10(17)14-9-12-6(18-2)4-7(13-9)19-3/h4-5H,1-3H3,(H,15,16)(H2,11,12,13,14,17)/t5-/m1/s1. The van der Waals surface area contributed by atoms with Crippen LogP contribution >= 0.6 is 0 Å². The second kappa shape index (κ2) is 6.38. The van der Waals surface area contributed by atoms with Gasteiger partial charge in [0.25, 0.3) is 0 Å². The lowest BCUT2D eigenvalue weighted by Crippen LogP contribution is -2.41. The molecule has 0 saturated carbocycles. The van der Waals surface area contributed by atoms with Gasteiger partial charge in [-0.2, -0.15) is 9.97 Å². The highest BCUT2D eigenvalue weighted by Gasteiger charge is 2.15. The lowest BCUT2D eigenvalue weighted by Gasteiger charge is -2.10. The predicted molar refractivity (Wildman–Crippen MR) is 64.4 cm³/mol. The summed E-state index contributed by atoms with van der Waals surface area (Å²) in [6.07, 6.45) is 0. The normalized spacial score (nSPS) is 11.3. The van der Waals surface area contributed by atoms with Gasteiger partial charge in [-0.3, -0.25) is 10.1 Å². The number of hydrogen-bond donors (Lipinski definition) is 3. The molecule has 1 atom stereocenters. The molecule has 0 bridgehead atoms. The SMILES string of the molecule is COc1cc(OC)nc(NC(=O)N[C@H](C)C(=O)O)n1. The molecule has 0 spiro atoms. The number of aromatic nitrogens is 2. The van der Waals surface area contributed by atoms with Crippen LogP contribution in [0.3, 0.4) is 0 Å². The van der Waals surface area contributed by atoms with Crippen LogP contribution in [0.15, 0.2) is 6.07 Å². The van der Waals surface area contributed by atoms with Gasteiger partial charge >= 0.3 is 12.0 Å².